The smallest absolute Gasteiger partial charge is 0.0623 e. The fourth-order valence-corrected chi connectivity index (χ4v) is 2.66. The van der Waals surface area contributed by atoms with Gasteiger partial charge in [-0.15, -0.1) is 11.3 Å². The Hall–Kier alpha value is -0.420. The van der Waals surface area contributed by atoms with Crippen LogP contribution in [-0.2, 0) is 11.2 Å². The Bertz CT molecular complexity index is 312. The first-order chi connectivity index (χ1) is 8.57. The van der Waals surface area contributed by atoms with Crippen LogP contribution >= 0.6 is 11.3 Å². The summed E-state index contributed by atoms with van der Waals surface area (Å²) >= 11 is 1.83. The number of rotatable bonds is 9. The average molecular weight is 270 g/mol. The quantitative estimate of drug-likeness (QED) is 0.535. The van der Waals surface area contributed by atoms with Crippen LogP contribution in [0, 0.1) is 0 Å². The molecular formula is C14H26N2OS. The molecule has 1 aromatic rings. The van der Waals surface area contributed by atoms with Gasteiger partial charge in [-0.05, 0) is 57.4 Å². The molecular weight excluding hydrogens is 244 g/mol. The zero-order chi connectivity index (χ0) is 13.4. The van der Waals surface area contributed by atoms with Crippen LogP contribution in [0.25, 0.3) is 0 Å². The number of hydrazine groups is 1. The van der Waals surface area contributed by atoms with E-state index in [1.807, 2.05) is 11.3 Å². The van der Waals surface area contributed by atoms with Gasteiger partial charge in [0.2, 0.25) is 0 Å². The van der Waals surface area contributed by atoms with Crippen molar-refractivity contribution in [1.29, 1.82) is 0 Å². The SMILES string of the molecule is COC(C)(C)CCC(CCCc1cccs1)NN. The Labute approximate surface area is 115 Å². The number of ether oxygens (including phenoxy) is 1. The van der Waals surface area contributed by atoms with Gasteiger partial charge in [-0.2, -0.15) is 0 Å². The van der Waals surface area contributed by atoms with Crippen molar-refractivity contribution in [3.63, 3.8) is 0 Å². The van der Waals surface area contributed by atoms with E-state index in [1.165, 1.54) is 11.3 Å². The maximum Gasteiger partial charge on any atom is 0.0623 e. The molecule has 3 N–H and O–H groups in total. The molecule has 0 amide bonds. The second-order valence-electron chi connectivity index (χ2n) is 5.34. The van der Waals surface area contributed by atoms with E-state index in [-0.39, 0.29) is 5.60 Å². The first-order valence-electron chi connectivity index (χ1n) is 6.61. The van der Waals surface area contributed by atoms with Crippen molar-refractivity contribution in [3.05, 3.63) is 22.4 Å². The van der Waals surface area contributed by atoms with Crippen molar-refractivity contribution < 1.29 is 4.74 Å². The number of aryl methyl sites for hydroxylation is 1. The molecule has 1 rings (SSSR count). The first-order valence-corrected chi connectivity index (χ1v) is 7.49. The van der Waals surface area contributed by atoms with E-state index in [0.29, 0.717) is 6.04 Å². The van der Waals surface area contributed by atoms with Gasteiger partial charge < -0.3 is 4.74 Å². The maximum absolute atomic E-state index is 5.61. The van der Waals surface area contributed by atoms with Crippen molar-refractivity contribution in [2.24, 2.45) is 5.84 Å². The van der Waals surface area contributed by atoms with E-state index in [4.69, 9.17) is 10.6 Å². The predicted molar refractivity (Wildman–Crippen MR) is 78.7 cm³/mol. The molecule has 1 heterocycles. The van der Waals surface area contributed by atoms with Gasteiger partial charge in [-0.25, -0.2) is 0 Å². The molecule has 104 valence electrons. The largest absolute Gasteiger partial charge is 0.379 e. The molecule has 1 atom stereocenters. The van der Waals surface area contributed by atoms with Crippen molar-refractivity contribution in [2.75, 3.05) is 7.11 Å². The molecule has 4 heteroatoms. The summed E-state index contributed by atoms with van der Waals surface area (Å²) in [5.74, 6) is 5.61. The number of hydrogen-bond acceptors (Lipinski definition) is 4. The lowest BCUT2D eigenvalue weighted by Gasteiger charge is -2.25. The fraction of sp³-hybridized carbons (Fsp3) is 0.714. The molecule has 3 nitrogen and oxygen atoms in total. The van der Waals surface area contributed by atoms with E-state index < -0.39 is 0 Å². The molecule has 0 aliphatic heterocycles. The summed E-state index contributed by atoms with van der Waals surface area (Å²) in [6.45, 7) is 4.23. The van der Waals surface area contributed by atoms with Gasteiger partial charge in [0.15, 0.2) is 0 Å². The van der Waals surface area contributed by atoms with Gasteiger partial charge in [0.05, 0.1) is 5.60 Å². The third-order valence-corrected chi connectivity index (χ3v) is 4.38. The third kappa shape index (κ3) is 5.96. The van der Waals surface area contributed by atoms with Crippen molar-refractivity contribution in [2.45, 2.75) is 57.6 Å². The van der Waals surface area contributed by atoms with Crippen LogP contribution in [0.4, 0.5) is 0 Å². The Morgan fingerprint density at radius 2 is 2.22 bits per heavy atom. The molecule has 0 radical (unpaired) electrons. The molecule has 0 aromatic carbocycles. The Balaban J connectivity index is 2.21. The summed E-state index contributed by atoms with van der Waals surface area (Å²) in [7, 11) is 1.77. The lowest BCUT2D eigenvalue weighted by molar-refractivity contribution is 0.0115. The van der Waals surface area contributed by atoms with Gasteiger partial charge in [0.1, 0.15) is 0 Å². The maximum atomic E-state index is 5.61. The lowest BCUT2D eigenvalue weighted by Crippen LogP contribution is -2.37. The molecule has 0 aliphatic rings. The minimum Gasteiger partial charge on any atom is -0.379 e. The standard InChI is InChI=1S/C14H26N2OS/c1-14(2,17-3)10-9-12(16-15)6-4-7-13-8-5-11-18-13/h5,8,11-12,16H,4,6-7,9-10,15H2,1-3H3. The highest BCUT2D eigenvalue weighted by molar-refractivity contribution is 7.09. The molecule has 1 aromatic heterocycles. The van der Waals surface area contributed by atoms with Crippen LogP contribution in [0.1, 0.15) is 44.4 Å². The van der Waals surface area contributed by atoms with Gasteiger partial charge in [0.25, 0.3) is 0 Å². The number of hydrogen-bond donors (Lipinski definition) is 2. The summed E-state index contributed by atoms with van der Waals surface area (Å²) in [6, 6.07) is 4.70. The fourth-order valence-electron chi connectivity index (χ4n) is 1.91. The van der Waals surface area contributed by atoms with Crippen LogP contribution in [0.5, 0.6) is 0 Å². The van der Waals surface area contributed by atoms with Crippen molar-refractivity contribution in [1.82, 2.24) is 5.43 Å². The summed E-state index contributed by atoms with van der Waals surface area (Å²) in [5.41, 5.74) is 2.87. The monoisotopic (exact) mass is 270 g/mol. The molecule has 0 spiro atoms. The highest BCUT2D eigenvalue weighted by Gasteiger charge is 2.18. The summed E-state index contributed by atoms with van der Waals surface area (Å²) in [6.07, 6.45) is 5.54. The number of thiophene rings is 1. The van der Waals surface area contributed by atoms with Gasteiger partial charge in [-0.3, -0.25) is 11.3 Å². The van der Waals surface area contributed by atoms with E-state index in [1.54, 1.807) is 7.11 Å². The molecule has 0 fully saturated rings. The van der Waals surface area contributed by atoms with Crippen LogP contribution < -0.4 is 11.3 Å². The molecule has 0 aliphatic carbocycles. The van der Waals surface area contributed by atoms with Crippen LogP contribution in [-0.4, -0.2) is 18.8 Å². The Morgan fingerprint density at radius 1 is 1.44 bits per heavy atom. The highest BCUT2D eigenvalue weighted by Crippen LogP contribution is 2.19. The van der Waals surface area contributed by atoms with Crippen LogP contribution in [0.2, 0.25) is 0 Å². The van der Waals surface area contributed by atoms with E-state index in [9.17, 15) is 0 Å². The Kier molecular flexibility index (Phi) is 6.86. The number of nitrogens with one attached hydrogen (secondary N) is 1. The molecule has 0 bridgehead atoms. The molecule has 0 saturated heterocycles. The minimum atomic E-state index is -0.0527. The lowest BCUT2D eigenvalue weighted by atomic mass is 9.96. The van der Waals surface area contributed by atoms with Gasteiger partial charge in [0, 0.05) is 18.0 Å². The molecule has 1 unspecified atom stereocenters. The summed E-state index contributed by atoms with van der Waals surface area (Å²) in [4.78, 5) is 1.46. The zero-order valence-electron chi connectivity index (χ0n) is 11.7. The molecule has 0 saturated carbocycles. The van der Waals surface area contributed by atoms with Crippen molar-refractivity contribution >= 4 is 11.3 Å². The Morgan fingerprint density at radius 3 is 2.78 bits per heavy atom. The predicted octanol–water partition coefficient (Wildman–Crippen LogP) is 3.11. The van der Waals surface area contributed by atoms with E-state index in [2.05, 4.69) is 36.8 Å². The third-order valence-electron chi connectivity index (χ3n) is 3.44. The number of methoxy groups -OCH3 is 1. The van der Waals surface area contributed by atoms with Gasteiger partial charge in [-0.1, -0.05) is 6.07 Å². The average Bonchev–Trinajstić information content (AvgIpc) is 2.86. The molecule has 18 heavy (non-hydrogen) atoms. The normalized spacial score (nSPS) is 13.8. The highest BCUT2D eigenvalue weighted by atomic mass is 32.1. The summed E-state index contributed by atoms with van der Waals surface area (Å²) < 4.78 is 5.43. The van der Waals surface area contributed by atoms with Crippen LogP contribution in [0.15, 0.2) is 17.5 Å². The number of nitrogens with two attached hydrogens (primary N) is 1. The van der Waals surface area contributed by atoms with E-state index >= 15 is 0 Å². The first kappa shape index (κ1) is 15.6. The van der Waals surface area contributed by atoms with Crippen LogP contribution in [0.3, 0.4) is 0 Å². The van der Waals surface area contributed by atoms with Crippen molar-refractivity contribution in [3.8, 4) is 0 Å². The topological polar surface area (TPSA) is 47.3 Å². The second-order valence-corrected chi connectivity index (χ2v) is 6.37. The summed E-state index contributed by atoms with van der Waals surface area (Å²) in [5, 5.41) is 2.13. The zero-order valence-corrected chi connectivity index (χ0v) is 12.6. The second kappa shape index (κ2) is 7.89. The minimum absolute atomic E-state index is 0.0527. The van der Waals surface area contributed by atoms with Gasteiger partial charge >= 0.3 is 0 Å². The van der Waals surface area contributed by atoms with E-state index in [0.717, 1.165) is 25.7 Å².